The molecule has 0 rings (SSSR count). The third kappa shape index (κ3) is 7.27. The van der Waals surface area contributed by atoms with Gasteiger partial charge in [-0.3, -0.25) is 9.59 Å². The van der Waals surface area contributed by atoms with Crippen LogP contribution in [0.25, 0.3) is 0 Å². The molecule has 5 heteroatoms. The topological polar surface area (TPSA) is 67.4 Å². The van der Waals surface area contributed by atoms with Crippen LogP contribution >= 0.6 is 0 Å². The van der Waals surface area contributed by atoms with Gasteiger partial charge in [-0.2, -0.15) is 0 Å². The van der Waals surface area contributed by atoms with Crippen LogP contribution in [0.5, 0.6) is 0 Å². The van der Waals surface area contributed by atoms with Gasteiger partial charge in [0.2, 0.25) is 11.8 Å². The van der Waals surface area contributed by atoms with Gasteiger partial charge in [-0.25, -0.2) is 0 Å². The maximum Gasteiger partial charge on any atom is 0.242 e. The van der Waals surface area contributed by atoms with E-state index in [0.717, 1.165) is 6.42 Å². The van der Waals surface area contributed by atoms with Gasteiger partial charge in [0.05, 0.1) is 0 Å². The van der Waals surface area contributed by atoms with Gasteiger partial charge in [0, 0.05) is 25.2 Å². The van der Waals surface area contributed by atoms with Crippen LogP contribution in [-0.2, 0) is 14.3 Å². The van der Waals surface area contributed by atoms with Crippen molar-refractivity contribution in [1.29, 1.82) is 0 Å². The van der Waals surface area contributed by atoms with Crippen LogP contribution in [0.2, 0.25) is 0 Å². The lowest BCUT2D eigenvalue weighted by Gasteiger charge is -2.21. The predicted molar refractivity (Wildman–Crippen MR) is 71.2 cm³/mol. The normalized spacial score (nSPS) is 12.9. The smallest absolute Gasteiger partial charge is 0.242 e. The molecule has 18 heavy (non-hydrogen) atoms. The van der Waals surface area contributed by atoms with Crippen molar-refractivity contribution in [3.63, 3.8) is 0 Å². The summed E-state index contributed by atoms with van der Waals surface area (Å²) < 4.78 is 5.16. The molecule has 0 bridgehead atoms. The molecule has 0 radical (unpaired) electrons. The van der Waals surface area contributed by atoms with E-state index in [1.54, 1.807) is 6.92 Å². The highest BCUT2D eigenvalue weighted by molar-refractivity contribution is 5.89. The first-order chi connectivity index (χ1) is 8.29. The Bertz CT molecular complexity index is 272. The van der Waals surface area contributed by atoms with Gasteiger partial charge in [-0.15, -0.1) is 0 Å². The van der Waals surface area contributed by atoms with E-state index in [1.807, 2.05) is 27.7 Å². The number of carbonyl (C=O) groups excluding carboxylic acids is 2. The van der Waals surface area contributed by atoms with E-state index in [9.17, 15) is 9.59 Å². The van der Waals surface area contributed by atoms with Crippen molar-refractivity contribution in [3.8, 4) is 0 Å². The van der Waals surface area contributed by atoms with Crippen LogP contribution in [0, 0.1) is 5.41 Å². The number of hydrogen-bond donors (Lipinski definition) is 2. The Morgan fingerprint density at radius 3 is 2.39 bits per heavy atom. The van der Waals surface area contributed by atoms with Crippen molar-refractivity contribution in [3.05, 3.63) is 0 Å². The Kier molecular flexibility index (Phi) is 7.59. The van der Waals surface area contributed by atoms with E-state index in [2.05, 4.69) is 10.6 Å². The Labute approximate surface area is 110 Å². The molecule has 0 fully saturated rings. The van der Waals surface area contributed by atoms with Gasteiger partial charge in [-0.05, 0) is 20.3 Å². The summed E-state index contributed by atoms with van der Waals surface area (Å²) >= 11 is 0. The molecule has 0 aliphatic rings. The Balaban J connectivity index is 3.87. The minimum Gasteiger partial charge on any atom is -0.382 e. The van der Waals surface area contributed by atoms with Crippen molar-refractivity contribution >= 4 is 11.8 Å². The highest BCUT2D eigenvalue weighted by Crippen LogP contribution is 2.12. The van der Waals surface area contributed by atoms with Gasteiger partial charge >= 0.3 is 0 Å². The molecule has 0 aromatic rings. The van der Waals surface area contributed by atoms with Crippen molar-refractivity contribution in [2.24, 2.45) is 5.41 Å². The van der Waals surface area contributed by atoms with Crippen LogP contribution in [0.4, 0.5) is 0 Å². The summed E-state index contributed by atoms with van der Waals surface area (Å²) in [6, 6.07) is -0.510. The standard InChI is InChI=1S/C13H26N2O3/c1-6-18-9-7-8-14-11(16)10(2)15-12(17)13(3,4)5/h10H,6-9H2,1-5H3,(H,14,16)(H,15,17). The Hall–Kier alpha value is -1.10. The van der Waals surface area contributed by atoms with E-state index in [1.165, 1.54) is 0 Å². The fourth-order valence-electron chi connectivity index (χ4n) is 1.16. The number of nitrogens with one attached hydrogen (secondary N) is 2. The molecule has 0 aliphatic carbocycles. The molecule has 5 nitrogen and oxygen atoms in total. The summed E-state index contributed by atoms with van der Waals surface area (Å²) in [5, 5.41) is 5.45. The molecule has 0 aromatic carbocycles. The van der Waals surface area contributed by atoms with Gasteiger partial charge in [0.1, 0.15) is 6.04 Å². The highest BCUT2D eigenvalue weighted by atomic mass is 16.5. The van der Waals surface area contributed by atoms with Gasteiger partial charge in [0.25, 0.3) is 0 Å². The summed E-state index contributed by atoms with van der Waals surface area (Å²) in [5.74, 6) is -0.288. The molecule has 0 spiro atoms. The monoisotopic (exact) mass is 258 g/mol. The molecule has 1 unspecified atom stereocenters. The molecule has 0 saturated heterocycles. The lowest BCUT2D eigenvalue weighted by Crippen LogP contribution is -2.48. The molecule has 0 saturated carbocycles. The molecule has 2 amide bonds. The molecule has 0 aromatic heterocycles. The van der Waals surface area contributed by atoms with E-state index >= 15 is 0 Å². The van der Waals surface area contributed by atoms with Crippen molar-refractivity contribution in [2.75, 3.05) is 19.8 Å². The van der Waals surface area contributed by atoms with Crippen LogP contribution in [0.1, 0.15) is 41.0 Å². The van der Waals surface area contributed by atoms with Crippen molar-refractivity contribution < 1.29 is 14.3 Å². The maximum atomic E-state index is 11.7. The van der Waals surface area contributed by atoms with Crippen LogP contribution in [0.3, 0.4) is 0 Å². The Morgan fingerprint density at radius 1 is 1.28 bits per heavy atom. The molecule has 2 N–H and O–H groups in total. The second kappa shape index (κ2) is 8.08. The van der Waals surface area contributed by atoms with Gasteiger partial charge < -0.3 is 15.4 Å². The first kappa shape index (κ1) is 16.9. The number of hydrogen-bond acceptors (Lipinski definition) is 3. The predicted octanol–water partition coefficient (Wildman–Crippen LogP) is 1.08. The highest BCUT2D eigenvalue weighted by Gasteiger charge is 2.24. The van der Waals surface area contributed by atoms with Crippen LogP contribution < -0.4 is 10.6 Å². The summed E-state index contributed by atoms with van der Waals surface area (Å²) in [4.78, 5) is 23.4. The van der Waals surface area contributed by atoms with Gasteiger partial charge in [-0.1, -0.05) is 20.8 Å². The molecule has 0 heterocycles. The first-order valence-corrected chi connectivity index (χ1v) is 6.45. The number of amides is 2. The molecular weight excluding hydrogens is 232 g/mol. The summed E-state index contributed by atoms with van der Waals surface area (Å²) in [6.45, 7) is 10.9. The number of ether oxygens (including phenoxy) is 1. The van der Waals surface area contributed by atoms with E-state index in [-0.39, 0.29) is 11.8 Å². The fraction of sp³-hybridized carbons (Fsp3) is 0.846. The Morgan fingerprint density at radius 2 is 1.89 bits per heavy atom. The zero-order valence-corrected chi connectivity index (χ0v) is 12.1. The lowest BCUT2D eigenvalue weighted by molar-refractivity contribution is -0.133. The summed E-state index contributed by atoms with van der Waals surface area (Å²) in [7, 11) is 0. The minimum atomic E-state index is -0.510. The zero-order valence-electron chi connectivity index (χ0n) is 12.1. The number of carbonyl (C=O) groups is 2. The van der Waals surface area contributed by atoms with Crippen molar-refractivity contribution in [2.45, 2.75) is 47.1 Å². The SMILES string of the molecule is CCOCCCNC(=O)C(C)NC(=O)C(C)(C)C. The van der Waals surface area contributed by atoms with E-state index in [4.69, 9.17) is 4.74 Å². The lowest BCUT2D eigenvalue weighted by atomic mass is 9.95. The average Bonchev–Trinajstić information content (AvgIpc) is 2.27. The summed E-state index contributed by atoms with van der Waals surface area (Å²) in [6.07, 6.45) is 0.777. The second-order valence-electron chi connectivity index (χ2n) is 5.29. The fourth-order valence-corrected chi connectivity index (χ4v) is 1.16. The average molecular weight is 258 g/mol. The molecular formula is C13H26N2O3. The van der Waals surface area contributed by atoms with E-state index in [0.29, 0.717) is 19.8 Å². The maximum absolute atomic E-state index is 11.7. The van der Waals surface area contributed by atoms with E-state index < -0.39 is 11.5 Å². The molecule has 106 valence electrons. The quantitative estimate of drug-likeness (QED) is 0.671. The second-order valence-corrected chi connectivity index (χ2v) is 5.29. The van der Waals surface area contributed by atoms with Gasteiger partial charge in [0.15, 0.2) is 0 Å². The van der Waals surface area contributed by atoms with Crippen LogP contribution in [-0.4, -0.2) is 37.6 Å². The molecule has 0 aliphatic heterocycles. The first-order valence-electron chi connectivity index (χ1n) is 6.45. The number of rotatable bonds is 7. The molecule has 1 atom stereocenters. The van der Waals surface area contributed by atoms with Crippen molar-refractivity contribution in [1.82, 2.24) is 10.6 Å². The largest absolute Gasteiger partial charge is 0.382 e. The third-order valence-corrected chi connectivity index (χ3v) is 2.39. The summed E-state index contributed by atoms with van der Waals surface area (Å²) in [5.41, 5.74) is -0.483. The zero-order chi connectivity index (χ0) is 14.2. The van der Waals surface area contributed by atoms with Crippen LogP contribution in [0.15, 0.2) is 0 Å². The minimum absolute atomic E-state index is 0.125. The third-order valence-electron chi connectivity index (χ3n) is 2.39.